The summed E-state index contributed by atoms with van der Waals surface area (Å²) in [5, 5.41) is 0. The fraction of sp³-hybridized carbons (Fsp3) is 0.400. The zero-order chi connectivity index (χ0) is 21.9. The molecule has 0 heteroatoms. The molecule has 1 aromatic rings. The van der Waals surface area contributed by atoms with Crippen LogP contribution >= 0.6 is 0 Å². The minimum atomic E-state index is 0.456. The van der Waals surface area contributed by atoms with Crippen LogP contribution in [0.2, 0.25) is 0 Å². The Hall–Kier alpha value is -2.34. The van der Waals surface area contributed by atoms with E-state index in [0.29, 0.717) is 23.7 Å². The van der Waals surface area contributed by atoms with Crippen LogP contribution in [0.3, 0.4) is 0 Å². The summed E-state index contributed by atoms with van der Waals surface area (Å²) in [6.07, 6.45) is 23.1. The van der Waals surface area contributed by atoms with Crippen LogP contribution in [0, 0.1) is 23.7 Å². The third-order valence-electron chi connectivity index (χ3n) is 5.85. The first-order valence-corrected chi connectivity index (χ1v) is 11.6. The molecule has 0 saturated heterocycles. The summed E-state index contributed by atoms with van der Waals surface area (Å²) < 4.78 is 0. The molecule has 1 aliphatic rings. The lowest BCUT2D eigenvalue weighted by Crippen LogP contribution is -2.15. The summed E-state index contributed by atoms with van der Waals surface area (Å²) in [7, 11) is 0. The normalized spacial score (nSPS) is 20.2. The molecule has 0 saturated carbocycles. The lowest BCUT2D eigenvalue weighted by atomic mass is 9.80. The molecule has 1 aromatic carbocycles. The Labute approximate surface area is 185 Å². The van der Waals surface area contributed by atoms with E-state index in [-0.39, 0.29) is 0 Å². The van der Waals surface area contributed by atoms with Crippen molar-refractivity contribution in [2.75, 3.05) is 0 Å². The SMILES string of the molecule is C\C=C/C(=C\C(C)C)C(/C=C\C(Cc1ccccc1)C(C)C1=CCC(C)C=C1)=C/C. The molecule has 0 amide bonds. The second kappa shape index (κ2) is 12.4. The number of rotatable bonds is 9. The zero-order valence-electron chi connectivity index (χ0n) is 19.8. The van der Waals surface area contributed by atoms with Gasteiger partial charge in [0.15, 0.2) is 0 Å². The summed E-state index contributed by atoms with van der Waals surface area (Å²) in [5.74, 6) is 2.13. The van der Waals surface area contributed by atoms with E-state index in [1.165, 1.54) is 22.3 Å². The first-order chi connectivity index (χ1) is 14.4. The molecule has 0 radical (unpaired) electrons. The smallest absolute Gasteiger partial charge is 0.0124 e. The second-order valence-electron chi connectivity index (χ2n) is 8.89. The van der Waals surface area contributed by atoms with Gasteiger partial charge in [-0.3, -0.25) is 0 Å². The van der Waals surface area contributed by atoms with Crippen LogP contribution in [0.25, 0.3) is 0 Å². The molecule has 1 aliphatic carbocycles. The monoisotopic (exact) mass is 400 g/mol. The topological polar surface area (TPSA) is 0 Å². The van der Waals surface area contributed by atoms with Crippen LogP contribution in [0.15, 0.2) is 102 Å². The van der Waals surface area contributed by atoms with Gasteiger partial charge in [-0.15, -0.1) is 0 Å². The van der Waals surface area contributed by atoms with E-state index >= 15 is 0 Å². The Morgan fingerprint density at radius 2 is 1.77 bits per heavy atom. The minimum Gasteiger partial charge on any atom is -0.0871 e. The highest BCUT2D eigenvalue weighted by molar-refractivity contribution is 5.46. The molecule has 0 spiro atoms. The maximum atomic E-state index is 2.45. The van der Waals surface area contributed by atoms with Gasteiger partial charge in [0.1, 0.15) is 0 Å². The number of hydrogen-bond donors (Lipinski definition) is 0. The van der Waals surface area contributed by atoms with Gasteiger partial charge in [-0.05, 0) is 72.6 Å². The first-order valence-electron chi connectivity index (χ1n) is 11.6. The third kappa shape index (κ3) is 7.48. The second-order valence-corrected chi connectivity index (χ2v) is 8.89. The van der Waals surface area contributed by atoms with Crippen LogP contribution in [0.5, 0.6) is 0 Å². The summed E-state index contributed by atoms with van der Waals surface area (Å²) in [6, 6.07) is 10.9. The number of allylic oxidation sites excluding steroid dienone is 12. The van der Waals surface area contributed by atoms with Crippen LogP contribution in [0.4, 0.5) is 0 Å². The van der Waals surface area contributed by atoms with E-state index in [4.69, 9.17) is 0 Å². The van der Waals surface area contributed by atoms with Crippen molar-refractivity contribution < 1.29 is 0 Å². The van der Waals surface area contributed by atoms with Gasteiger partial charge in [-0.2, -0.15) is 0 Å². The van der Waals surface area contributed by atoms with Gasteiger partial charge in [-0.1, -0.05) is 113 Å². The highest BCUT2D eigenvalue weighted by atomic mass is 14.2. The van der Waals surface area contributed by atoms with Crippen LogP contribution in [-0.4, -0.2) is 0 Å². The van der Waals surface area contributed by atoms with E-state index in [2.05, 4.69) is 127 Å². The van der Waals surface area contributed by atoms with Crippen molar-refractivity contribution in [2.24, 2.45) is 23.7 Å². The molecule has 0 heterocycles. The van der Waals surface area contributed by atoms with Crippen molar-refractivity contribution in [3.63, 3.8) is 0 Å². The molecule has 0 bridgehead atoms. The summed E-state index contributed by atoms with van der Waals surface area (Å²) in [5.41, 5.74) is 5.49. The predicted octanol–water partition coefficient (Wildman–Crippen LogP) is 8.66. The van der Waals surface area contributed by atoms with Gasteiger partial charge in [0.25, 0.3) is 0 Å². The van der Waals surface area contributed by atoms with Crippen molar-refractivity contribution in [1.82, 2.24) is 0 Å². The molecule has 3 atom stereocenters. The predicted molar refractivity (Wildman–Crippen MR) is 134 cm³/mol. The Morgan fingerprint density at radius 1 is 1.03 bits per heavy atom. The van der Waals surface area contributed by atoms with E-state index in [1.807, 2.05) is 0 Å². The summed E-state index contributed by atoms with van der Waals surface area (Å²) in [4.78, 5) is 0. The van der Waals surface area contributed by atoms with Crippen LogP contribution in [0.1, 0.15) is 53.5 Å². The zero-order valence-corrected chi connectivity index (χ0v) is 19.8. The van der Waals surface area contributed by atoms with Gasteiger partial charge >= 0.3 is 0 Å². The Kier molecular flexibility index (Phi) is 9.87. The van der Waals surface area contributed by atoms with Crippen LogP contribution < -0.4 is 0 Å². The average Bonchev–Trinajstić information content (AvgIpc) is 2.74. The van der Waals surface area contributed by atoms with E-state index in [9.17, 15) is 0 Å². The molecule has 0 fully saturated rings. The van der Waals surface area contributed by atoms with Gasteiger partial charge in [0.05, 0.1) is 0 Å². The molecule has 160 valence electrons. The van der Waals surface area contributed by atoms with Crippen molar-refractivity contribution in [3.05, 3.63) is 107 Å². The molecule has 2 rings (SSSR count). The molecular weight excluding hydrogens is 360 g/mol. The lowest BCUT2D eigenvalue weighted by Gasteiger charge is -2.25. The highest BCUT2D eigenvalue weighted by Gasteiger charge is 2.19. The average molecular weight is 401 g/mol. The Morgan fingerprint density at radius 3 is 2.33 bits per heavy atom. The van der Waals surface area contributed by atoms with Gasteiger partial charge < -0.3 is 0 Å². The number of benzene rings is 1. The van der Waals surface area contributed by atoms with Gasteiger partial charge in [-0.25, -0.2) is 0 Å². The molecule has 0 N–H and O–H groups in total. The van der Waals surface area contributed by atoms with Crippen molar-refractivity contribution in [1.29, 1.82) is 0 Å². The fourth-order valence-electron chi connectivity index (χ4n) is 4.00. The summed E-state index contributed by atoms with van der Waals surface area (Å²) >= 11 is 0. The molecule has 0 nitrogen and oxygen atoms in total. The van der Waals surface area contributed by atoms with E-state index in [1.54, 1.807) is 0 Å². The maximum Gasteiger partial charge on any atom is -0.0124 e. The maximum absolute atomic E-state index is 2.45. The fourth-order valence-corrected chi connectivity index (χ4v) is 4.00. The van der Waals surface area contributed by atoms with E-state index in [0.717, 1.165) is 12.8 Å². The van der Waals surface area contributed by atoms with Crippen LogP contribution in [-0.2, 0) is 6.42 Å². The van der Waals surface area contributed by atoms with Gasteiger partial charge in [0.2, 0.25) is 0 Å². The molecule has 0 aromatic heterocycles. The molecular formula is C30H40. The summed E-state index contributed by atoms with van der Waals surface area (Å²) in [6.45, 7) is 13.4. The van der Waals surface area contributed by atoms with Crippen molar-refractivity contribution in [3.8, 4) is 0 Å². The van der Waals surface area contributed by atoms with Crippen molar-refractivity contribution >= 4 is 0 Å². The Balaban J connectivity index is 2.32. The minimum absolute atomic E-state index is 0.456. The third-order valence-corrected chi connectivity index (χ3v) is 5.85. The van der Waals surface area contributed by atoms with Crippen molar-refractivity contribution in [2.45, 2.75) is 54.4 Å². The molecule has 30 heavy (non-hydrogen) atoms. The standard InChI is InChI=1S/C30H40/c1-7-12-30(21-23(3)4)27(8-2)19-20-29(22-26-13-10-9-11-14-26)25(6)28-17-15-24(5)16-18-28/h7-15,17-21,23-25,29H,16,22H2,1-6H3/b12-7-,20-19-,27-8+,30-21+. The number of hydrogen-bond acceptors (Lipinski definition) is 0. The molecule has 3 unspecified atom stereocenters. The quantitative estimate of drug-likeness (QED) is 0.364. The lowest BCUT2D eigenvalue weighted by molar-refractivity contribution is 0.488. The molecule has 0 aliphatic heterocycles. The van der Waals surface area contributed by atoms with E-state index < -0.39 is 0 Å². The van der Waals surface area contributed by atoms with Gasteiger partial charge in [0, 0.05) is 0 Å². The Bertz CT molecular complexity index is 824. The largest absolute Gasteiger partial charge is 0.0871 e. The highest BCUT2D eigenvalue weighted by Crippen LogP contribution is 2.31. The first kappa shape index (κ1) is 23.9.